The summed E-state index contributed by atoms with van der Waals surface area (Å²) in [5.41, 5.74) is 1.74. The lowest BCUT2D eigenvalue weighted by Crippen LogP contribution is -2.36. The van der Waals surface area contributed by atoms with Crippen LogP contribution in [0.4, 0.5) is 4.79 Å². The zero-order chi connectivity index (χ0) is 11.5. The van der Waals surface area contributed by atoms with Gasteiger partial charge in [0.05, 0.1) is 5.52 Å². The Hall–Kier alpha value is -2.11. The number of urea groups is 1. The van der Waals surface area contributed by atoms with Crippen LogP contribution in [0, 0.1) is 0 Å². The smallest absolute Gasteiger partial charge is 0.318 e. The molecule has 0 atom stereocenters. The van der Waals surface area contributed by atoms with Crippen LogP contribution < -0.4 is 5.32 Å². The van der Waals surface area contributed by atoms with E-state index in [1.165, 1.54) is 4.90 Å². The van der Waals surface area contributed by atoms with E-state index < -0.39 is 0 Å². The Morgan fingerprint density at radius 3 is 3.00 bits per heavy atom. The summed E-state index contributed by atoms with van der Waals surface area (Å²) in [6.07, 6.45) is 0. The van der Waals surface area contributed by atoms with Crippen LogP contribution in [-0.4, -0.2) is 40.0 Å². The number of nitrogens with zero attached hydrogens (tertiary/aromatic N) is 4. The van der Waals surface area contributed by atoms with Crippen LogP contribution in [0.1, 0.15) is 0 Å². The highest BCUT2D eigenvalue weighted by Crippen LogP contribution is 2.09. The maximum Gasteiger partial charge on any atom is 0.318 e. The third-order valence-electron chi connectivity index (χ3n) is 2.33. The van der Waals surface area contributed by atoms with Gasteiger partial charge in [0, 0.05) is 14.1 Å². The Kier molecular flexibility index (Phi) is 2.72. The molecule has 0 radical (unpaired) electrons. The van der Waals surface area contributed by atoms with Crippen molar-refractivity contribution in [1.82, 2.24) is 25.2 Å². The predicted octanol–water partition coefficient (Wildman–Crippen LogP) is 0.660. The molecule has 0 spiro atoms. The third kappa shape index (κ3) is 1.81. The predicted molar refractivity (Wildman–Crippen MR) is 59.7 cm³/mol. The van der Waals surface area contributed by atoms with Crippen LogP contribution in [0.3, 0.4) is 0 Å². The quantitative estimate of drug-likeness (QED) is 0.807. The standard InChI is InChI=1S/C10H13N5O/c1-11-10(16)14(2)7-15-9-6-4-3-5-8(9)12-13-15/h3-6H,7H2,1-2H3,(H,11,16). The van der Waals surface area contributed by atoms with Crippen molar-refractivity contribution >= 4 is 17.1 Å². The van der Waals surface area contributed by atoms with Gasteiger partial charge in [-0.1, -0.05) is 17.3 Å². The van der Waals surface area contributed by atoms with E-state index in [4.69, 9.17) is 0 Å². The molecule has 0 saturated carbocycles. The second-order valence-electron chi connectivity index (χ2n) is 3.47. The van der Waals surface area contributed by atoms with E-state index in [0.717, 1.165) is 11.0 Å². The summed E-state index contributed by atoms with van der Waals surface area (Å²) in [4.78, 5) is 12.9. The van der Waals surface area contributed by atoms with Crippen molar-refractivity contribution in [2.75, 3.05) is 14.1 Å². The number of nitrogens with one attached hydrogen (secondary N) is 1. The molecule has 2 rings (SSSR count). The lowest BCUT2D eigenvalue weighted by molar-refractivity contribution is 0.196. The van der Waals surface area contributed by atoms with Crippen molar-refractivity contribution in [3.63, 3.8) is 0 Å². The van der Waals surface area contributed by atoms with Gasteiger partial charge >= 0.3 is 6.03 Å². The molecule has 2 aromatic rings. The summed E-state index contributed by atoms with van der Waals surface area (Å²) >= 11 is 0. The minimum absolute atomic E-state index is 0.153. The topological polar surface area (TPSA) is 63.1 Å². The number of amides is 2. The van der Waals surface area contributed by atoms with Crippen LogP contribution in [0.5, 0.6) is 0 Å². The Morgan fingerprint density at radius 1 is 1.50 bits per heavy atom. The normalized spacial score (nSPS) is 10.4. The molecule has 2 amide bonds. The first-order valence-electron chi connectivity index (χ1n) is 4.93. The van der Waals surface area contributed by atoms with Gasteiger partial charge in [-0.2, -0.15) is 0 Å². The molecule has 6 heteroatoms. The first kappa shape index (κ1) is 10.4. The van der Waals surface area contributed by atoms with Gasteiger partial charge in [0.15, 0.2) is 0 Å². The highest BCUT2D eigenvalue weighted by atomic mass is 16.2. The lowest BCUT2D eigenvalue weighted by atomic mass is 10.3. The molecule has 1 aromatic heterocycles. The van der Waals surface area contributed by atoms with Crippen molar-refractivity contribution in [1.29, 1.82) is 0 Å². The number of carbonyl (C=O) groups is 1. The van der Waals surface area contributed by atoms with Gasteiger partial charge in [-0.3, -0.25) is 0 Å². The van der Waals surface area contributed by atoms with Crippen LogP contribution in [0.2, 0.25) is 0 Å². The average Bonchev–Trinajstić information content (AvgIpc) is 2.72. The highest BCUT2D eigenvalue weighted by Gasteiger charge is 2.09. The molecule has 0 fully saturated rings. The summed E-state index contributed by atoms with van der Waals surface area (Å²) in [7, 11) is 3.30. The zero-order valence-electron chi connectivity index (χ0n) is 9.21. The summed E-state index contributed by atoms with van der Waals surface area (Å²) in [6.45, 7) is 0.375. The van der Waals surface area contributed by atoms with E-state index >= 15 is 0 Å². The Labute approximate surface area is 92.8 Å². The second-order valence-corrected chi connectivity index (χ2v) is 3.47. The molecule has 84 valence electrons. The molecular formula is C10H13N5O. The molecule has 0 bridgehead atoms. The van der Waals surface area contributed by atoms with Crippen molar-refractivity contribution in [3.8, 4) is 0 Å². The maximum atomic E-state index is 11.3. The number of hydrogen-bond acceptors (Lipinski definition) is 3. The molecule has 6 nitrogen and oxygen atoms in total. The van der Waals surface area contributed by atoms with Crippen molar-refractivity contribution in [2.45, 2.75) is 6.67 Å². The van der Waals surface area contributed by atoms with E-state index in [9.17, 15) is 4.79 Å². The van der Waals surface area contributed by atoms with Crippen molar-refractivity contribution < 1.29 is 4.79 Å². The van der Waals surface area contributed by atoms with E-state index in [1.807, 2.05) is 24.3 Å². The molecular weight excluding hydrogens is 206 g/mol. The number of benzene rings is 1. The second kappa shape index (κ2) is 4.18. The molecule has 1 heterocycles. The van der Waals surface area contributed by atoms with Crippen LogP contribution in [-0.2, 0) is 6.67 Å². The molecule has 1 aromatic carbocycles. The summed E-state index contributed by atoms with van der Waals surface area (Å²) in [5, 5.41) is 10.6. The monoisotopic (exact) mass is 219 g/mol. The van der Waals surface area contributed by atoms with Gasteiger partial charge in [0.25, 0.3) is 0 Å². The number of aromatic nitrogens is 3. The molecule has 0 aliphatic carbocycles. The third-order valence-corrected chi connectivity index (χ3v) is 2.33. The first-order valence-corrected chi connectivity index (χ1v) is 4.93. The maximum absolute atomic E-state index is 11.3. The van der Waals surface area contributed by atoms with Gasteiger partial charge in [-0.25, -0.2) is 9.48 Å². The molecule has 0 aliphatic rings. The largest absolute Gasteiger partial charge is 0.341 e. The number of carbonyl (C=O) groups excluding carboxylic acids is 1. The average molecular weight is 219 g/mol. The molecule has 0 unspecified atom stereocenters. The summed E-state index contributed by atoms with van der Waals surface area (Å²) in [5.74, 6) is 0. The Bertz CT molecular complexity index is 507. The van der Waals surface area contributed by atoms with Gasteiger partial charge in [0.2, 0.25) is 0 Å². The van der Waals surface area contributed by atoms with Gasteiger partial charge in [-0.15, -0.1) is 5.10 Å². The number of para-hydroxylation sites is 1. The fourth-order valence-electron chi connectivity index (χ4n) is 1.48. The summed E-state index contributed by atoms with van der Waals surface area (Å²) < 4.78 is 1.69. The fraction of sp³-hybridized carbons (Fsp3) is 0.300. The van der Waals surface area contributed by atoms with Crippen molar-refractivity contribution in [2.24, 2.45) is 0 Å². The Morgan fingerprint density at radius 2 is 2.25 bits per heavy atom. The lowest BCUT2D eigenvalue weighted by Gasteiger charge is -2.16. The molecule has 0 saturated heterocycles. The van der Waals surface area contributed by atoms with Crippen LogP contribution in [0.25, 0.3) is 11.0 Å². The minimum Gasteiger partial charge on any atom is -0.341 e. The van der Waals surface area contributed by atoms with E-state index in [1.54, 1.807) is 18.8 Å². The van der Waals surface area contributed by atoms with Crippen LogP contribution in [0.15, 0.2) is 24.3 Å². The Balaban J connectivity index is 2.24. The number of fused-ring (bicyclic) bond motifs is 1. The van der Waals surface area contributed by atoms with E-state index in [2.05, 4.69) is 15.6 Å². The fourth-order valence-corrected chi connectivity index (χ4v) is 1.48. The van der Waals surface area contributed by atoms with Crippen LogP contribution >= 0.6 is 0 Å². The SMILES string of the molecule is CNC(=O)N(C)Cn1nnc2ccccc21. The zero-order valence-corrected chi connectivity index (χ0v) is 9.21. The van der Waals surface area contributed by atoms with Gasteiger partial charge in [-0.05, 0) is 12.1 Å². The summed E-state index contributed by atoms with van der Waals surface area (Å²) in [6, 6.07) is 7.48. The van der Waals surface area contributed by atoms with Crippen molar-refractivity contribution in [3.05, 3.63) is 24.3 Å². The number of rotatable bonds is 2. The molecule has 0 aliphatic heterocycles. The van der Waals surface area contributed by atoms with Gasteiger partial charge in [0.1, 0.15) is 12.2 Å². The van der Waals surface area contributed by atoms with E-state index in [0.29, 0.717) is 6.67 Å². The highest BCUT2D eigenvalue weighted by molar-refractivity contribution is 5.75. The molecule has 16 heavy (non-hydrogen) atoms. The minimum atomic E-state index is -0.153. The first-order chi connectivity index (χ1) is 7.72. The van der Waals surface area contributed by atoms with E-state index in [-0.39, 0.29) is 6.03 Å². The number of hydrogen-bond donors (Lipinski definition) is 1. The molecule has 1 N–H and O–H groups in total. The van der Waals surface area contributed by atoms with Gasteiger partial charge < -0.3 is 10.2 Å².